The van der Waals surface area contributed by atoms with Gasteiger partial charge in [-0.05, 0) is 25.1 Å². The third-order valence-electron chi connectivity index (χ3n) is 2.38. The molecule has 4 nitrogen and oxygen atoms in total. The van der Waals surface area contributed by atoms with E-state index >= 15 is 0 Å². The maximum absolute atomic E-state index is 5.80. The topological polar surface area (TPSA) is 57.4 Å². The van der Waals surface area contributed by atoms with Gasteiger partial charge in [0.1, 0.15) is 11.5 Å². The minimum Gasteiger partial charge on any atom is -0.495 e. The highest BCUT2D eigenvalue weighted by atomic mass is 16.5. The Bertz CT molecular complexity index is 527. The summed E-state index contributed by atoms with van der Waals surface area (Å²) in [5.74, 6) is 1.86. The van der Waals surface area contributed by atoms with Crippen molar-refractivity contribution in [1.29, 1.82) is 0 Å². The van der Waals surface area contributed by atoms with Gasteiger partial charge in [-0.1, -0.05) is 6.07 Å². The van der Waals surface area contributed by atoms with Crippen LogP contribution in [-0.4, -0.2) is 12.1 Å². The molecule has 0 aliphatic heterocycles. The summed E-state index contributed by atoms with van der Waals surface area (Å²) < 4.78 is 10.7. The lowest BCUT2D eigenvalue weighted by Gasteiger charge is -2.09. The van der Waals surface area contributed by atoms with Crippen LogP contribution in [0.3, 0.4) is 0 Å². The molecule has 2 N–H and O–H groups in total. The summed E-state index contributed by atoms with van der Waals surface area (Å²) in [5, 5.41) is 0. The normalized spacial score (nSPS) is 10.0. The molecule has 1 aromatic heterocycles. The van der Waals surface area contributed by atoms with Gasteiger partial charge in [-0.15, -0.1) is 0 Å². The molecule has 0 fully saturated rings. The molecule has 2 rings (SSSR count). The van der Waals surface area contributed by atoms with E-state index in [2.05, 4.69) is 4.98 Å². The number of aryl methyl sites for hydroxylation is 1. The van der Waals surface area contributed by atoms with Crippen LogP contribution in [-0.2, 0) is 0 Å². The van der Waals surface area contributed by atoms with E-state index in [9.17, 15) is 0 Å². The summed E-state index contributed by atoms with van der Waals surface area (Å²) >= 11 is 0. The first kappa shape index (κ1) is 11.3. The van der Waals surface area contributed by atoms with Crippen LogP contribution in [0.25, 0.3) is 0 Å². The molecule has 0 atom stereocenters. The maximum Gasteiger partial charge on any atom is 0.222 e. The number of hydrogen-bond donors (Lipinski definition) is 1. The van der Waals surface area contributed by atoms with E-state index in [1.165, 1.54) is 0 Å². The van der Waals surface area contributed by atoms with E-state index in [0.717, 1.165) is 5.56 Å². The van der Waals surface area contributed by atoms with Crippen LogP contribution in [0, 0.1) is 6.92 Å². The molecule has 0 aliphatic carbocycles. The summed E-state index contributed by atoms with van der Waals surface area (Å²) in [6.45, 7) is 1.94. The minimum atomic E-state index is 0.540. The van der Waals surface area contributed by atoms with Crippen molar-refractivity contribution >= 4 is 5.69 Å². The van der Waals surface area contributed by atoms with Crippen LogP contribution in [0.4, 0.5) is 5.69 Å². The standard InChI is InChI=1S/C13H14N2O2/c1-9-4-3-7-15-13(9)17-10-5-6-12(16-2)11(14)8-10/h3-8H,14H2,1-2H3. The van der Waals surface area contributed by atoms with Crippen molar-refractivity contribution in [2.75, 3.05) is 12.8 Å². The van der Waals surface area contributed by atoms with Crippen molar-refractivity contribution in [3.05, 3.63) is 42.1 Å². The largest absolute Gasteiger partial charge is 0.495 e. The van der Waals surface area contributed by atoms with Gasteiger partial charge in [-0.2, -0.15) is 0 Å². The maximum atomic E-state index is 5.80. The van der Waals surface area contributed by atoms with Crippen molar-refractivity contribution < 1.29 is 9.47 Å². The number of methoxy groups -OCH3 is 1. The van der Waals surface area contributed by atoms with Crippen LogP contribution in [0.5, 0.6) is 17.4 Å². The third kappa shape index (κ3) is 2.47. The van der Waals surface area contributed by atoms with Gasteiger partial charge in [-0.3, -0.25) is 0 Å². The van der Waals surface area contributed by atoms with Crippen molar-refractivity contribution in [3.8, 4) is 17.4 Å². The number of benzene rings is 1. The molecule has 0 amide bonds. The summed E-state index contributed by atoms with van der Waals surface area (Å²) in [5.41, 5.74) is 7.31. The Morgan fingerprint density at radius 2 is 2.06 bits per heavy atom. The average Bonchev–Trinajstić information content (AvgIpc) is 2.32. The summed E-state index contributed by atoms with van der Waals surface area (Å²) in [4.78, 5) is 4.15. The fourth-order valence-electron chi connectivity index (χ4n) is 1.47. The number of rotatable bonds is 3. The Kier molecular flexibility index (Phi) is 3.14. The summed E-state index contributed by atoms with van der Waals surface area (Å²) in [7, 11) is 1.58. The molecule has 88 valence electrons. The highest BCUT2D eigenvalue weighted by Crippen LogP contribution is 2.29. The van der Waals surface area contributed by atoms with E-state index in [-0.39, 0.29) is 0 Å². The van der Waals surface area contributed by atoms with Crippen molar-refractivity contribution in [2.24, 2.45) is 0 Å². The van der Waals surface area contributed by atoms with Gasteiger partial charge in [0.15, 0.2) is 0 Å². The van der Waals surface area contributed by atoms with Crippen LogP contribution < -0.4 is 15.2 Å². The van der Waals surface area contributed by atoms with Crippen molar-refractivity contribution in [2.45, 2.75) is 6.92 Å². The predicted molar refractivity (Wildman–Crippen MR) is 66.5 cm³/mol. The zero-order valence-corrected chi connectivity index (χ0v) is 9.81. The fourth-order valence-corrected chi connectivity index (χ4v) is 1.47. The molecule has 0 unspecified atom stereocenters. The van der Waals surface area contributed by atoms with E-state index in [1.807, 2.05) is 19.1 Å². The number of nitrogens with two attached hydrogens (primary N) is 1. The lowest BCUT2D eigenvalue weighted by Crippen LogP contribution is -1.94. The molecular formula is C13H14N2O2. The average molecular weight is 230 g/mol. The zero-order valence-electron chi connectivity index (χ0n) is 9.81. The van der Waals surface area contributed by atoms with Gasteiger partial charge in [-0.25, -0.2) is 4.98 Å². The third-order valence-corrected chi connectivity index (χ3v) is 2.38. The van der Waals surface area contributed by atoms with Gasteiger partial charge in [0.25, 0.3) is 0 Å². The molecule has 0 aliphatic rings. The van der Waals surface area contributed by atoms with Gasteiger partial charge >= 0.3 is 0 Å². The second-order valence-corrected chi connectivity index (χ2v) is 3.63. The monoisotopic (exact) mass is 230 g/mol. The Morgan fingerprint density at radius 3 is 2.71 bits per heavy atom. The van der Waals surface area contributed by atoms with Gasteiger partial charge in [0.2, 0.25) is 5.88 Å². The quantitative estimate of drug-likeness (QED) is 0.824. The first-order valence-electron chi connectivity index (χ1n) is 5.23. The Labute approximate surface area is 100 Å². The SMILES string of the molecule is COc1ccc(Oc2ncccc2C)cc1N. The Balaban J connectivity index is 2.25. The first-order chi connectivity index (χ1) is 8.20. The van der Waals surface area contributed by atoms with Crippen LogP contribution in [0.2, 0.25) is 0 Å². The number of ether oxygens (including phenoxy) is 2. The second kappa shape index (κ2) is 4.74. The second-order valence-electron chi connectivity index (χ2n) is 3.63. The lowest BCUT2D eigenvalue weighted by molar-refractivity contribution is 0.414. The molecule has 0 saturated heterocycles. The fraction of sp³-hybridized carbons (Fsp3) is 0.154. The van der Waals surface area contributed by atoms with E-state index in [1.54, 1.807) is 31.5 Å². The molecule has 1 heterocycles. The smallest absolute Gasteiger partial charge is 0.222 e. The van der Waals surface area contributed by atoms with Crippen molar-refractivity contribution in [3.63, 3.8) is 0 Å². The molecule has 2 aromatic rings. The molecular weight excluding hydrogens is 216 g/mol. The Hall–Kier alpha value is -2.23. The molecule has 0 bridgehead atoms. The molecule has 17 heavy (non-hydrogen) atoms. The van der Waals surface area contributed by atoms with Crippen LogP contribution in [0.1, 0.15) is 5.56 Å². The minimum absolute atomic E-state index is 0.540. The van der Waals surface area contributed by atoms with E-state index < -0.39 is 0 Å². The summed E-state index contributed by atoms with van der Waals surface area (Å²) in [6, 6.07) is 9.08. The first-order valence-corrected chi connectivity index (χ1v) is 5.23. The number of pyridine rings is 1. The van der Waals surface area contributed by atoms with Crippen molar-refractivity contribution in [1.82, 2.24) is 4.98 Å². The zero-order chi connectivity index (χ0) is 12.3. The highest BCUT2D eigenvalue weighted by Gasteiger charge is 2.05. The number of anilines is 1. The molecule has 0 saturated carbocycles. The van der Waals surface area contributed by atoms with Crippen LogP contribution >= 0.6 is 0 Å². The van der Waals surface area contributed by atoms with Gasteiger partial charge in [0, 0.05) is 17.8 Å². The van der Waals surface area contributed by atoms with E-state index in [0.29, 0.717) is 23.1 Å². The Morgan fingerprint density at radius 1 is 1.24 bits per heavy atom. The number of hydrogen-bond acceptors (Lipinski definition) is 4. The highest BCUT2D eigenvalue weighted by molar-refractivity contribution is 5.56. The molecule has 0 spiro atoms. The number of nitrogens with zero attached hydrogens (tertiary/aromatic N) is 1. The molecule has 4 heteroatoms. The van der Waals surface area contributed by atoms with E-state index in [4.69, 9.17) is 15.2 Å². The predicted octanol–water partition coefficient (Wildman–Crippen LogP) is 2.77. The number of nitrogen functional groups attached to an aromatic ring is 1. The lowest BCUT2D eigenvalue weighted by atomic mass is 10.2. The van der Waals surface area contributed by atoms with Gasteiger partial charge < -0.3 is 15.2 Å². The molecule has 0 radical (unpaired) electrons. The molecule has 1 aromatic carbocycles. The van der Waals surface area contributed by atoms with Crippen LogP contribution in [0.15, 0.2) is 36.5 Å². The summed E-state index contributed by atoms with van der Waals surface area (Å²) in [6.07, 6.45) is 1.69. The number of aromatic nitrogens is 1. The van der Waals surface area contributed by atoms with Gasteiger partial charge in [0.05, 0.1) is 12.8 Å².